The average Bonchev–Trinajstić information content (AvgIpc) is 2.64. The van der Waals surface area contributed by atoms with Crippen molar-refractivity contribution in [3.8, 4) is 5.69 Å². The SMILES string of the molecule is [CH3][Sn]([CH3])([CH3])[S]c1nnnn1-c1ccccc1. The van der Waals surface area contributed by atoms with Gasteiger partial charge < -0.3 is 0 Å². The van der Waals surface area contributed by atoms with E-state index in [4.69, 9.17) is 0 Å². The monoisotopic (exact) mass is 342 g/mol. The van der Waals surface area contributed by atoms with E-state index in [9.17, 15) is 0 Å². The third-order valence-corrected chi connectivity index (χ3v) is 9.70. The van der Waals surface area contributed by atoms with Gasteiger partial charge in [0.15, 0.2) is 0 Å². The maximum atomic E-state index is 4.10. The molecule has 0 aliphatic heterocycles. The van der Waals surface area contributed by atoms with Gasteiger partial charge in [-0.05, 0) is 0 Å². The molecule has 0 atom stereocenters. The zero-order valence-corrected chi connectivity index (χ0v) is 13.3. The van der Waals surface area contributed by atoms with Crippen LogP contribution >= 0.6 is 8.95 Å². The van der Waals surface area contributed by atoms with Crippen molar-refractivity contribution in [2.75, 3.05) is 0 Å². The van der Waals surface area contributed by atoms with Gasteiger partial charge in [0, 0.05) is 0 Å². The Morgan fingerprint density at radius 2 is 1.81 bits per heavy atom. The van der Waals surface area contributed by atoms with Gasteiger partial charge in [-0.1, -0.05) is 0 Å². The second-order valence-corrected chi connectivity index (χ2v) is 27.0. The van der Waals surface area contributed by atoms with E-state index in [0.717, 1.165) is 10.8 Å². The van der Waals surface area contributed by atoms with Crippen LogP contribution in [0.4, 0.5) is 0 Å². The summed E-state index contributed by atoms with van der Waals surface area (Å²) in [7, 11) is 1.87. The molecule has 2 aromatic rings. The summed E-state index contributed by atoms with van der Waals surface area (Å²) in [5, 5.41) is 12.8. The van der Waals surface area contributed by atoms with Crippen LogP contribution in [0.5, 0.6) is 0 Å². The molecular formula is C10H14N4SSn. The molecule has 6 heteroatoms. The van der Waals surface area contributed by atoms with E-state index >= 15 is 0 Å². The summed E-state index contributed by atoms with van der Waals surface area (Å²) in [6.07, 6.45) is 0. The zero-order valence-electron chi connectivity index (χ0n) is 9.58. The van der Waals surface area contributed by atoms with Crippen molar-refractivity contribution in [3.05, 3.63) is 30.3 Å². The fraction of sp³-hybridized carbons (Fsp3) is 0.300. The van der Waals surface area contributed by atoms with Gasteiger partial charge in [-0.15, -0.1) is 0 Å². The average molecular weight is 341 g/mol. The van der Waals surface area contributed by atoms with Gasteiger partial charge in [-0.25, -0.2) is 0 Å². The predicted octanol–water partition coefficient (Wildman–Crippen LogP) is 2.59. The van der Waals surface area contributed by atoms with Crippen molar-refractivity contribution < 1.29 is 0 Å². The maximum absolute atomic E-state index is 4.10. The molecule has 0 bridgehead atoms. The number of aromatic nitrogens is 4. The molecule has 0 spiro atoms. The summed E-state index contributed by atoms with van der Waals surface area (Å²) in [5.74, 6) is 0. The molecule has 1 aromatic carbocycles. The van der Waals surface area contributed by atoms with Crippen LogP contribution in [0.25, 0.3) is 5.69 Å². The first-order chi connectivity index (χ1) is 7.56. The number of tetrazole rings is 1. The molecule has 0 saturated carbocycles. The molecule has 0 radical (unpaired) electrons. The number of nitrogens with zero attached hydrogens (tertiary/aromatic N) is 4. The molecule has 0 unspecified atom stereocenters. The Labute approximate surface area is 102 Å². The van der Waals surface area contributed by atoms with Crippen molar-refractivity contribution >= 4 is 25.9 Å². The minimum absolute atomic E-state index is 0.912. The number of hydrogen-bond donors (Lipinski definition) is 0. The van der Waals surface area contributed by atoms with Crippen molar-refractivity contribution in [1.29, 1.82) is 0 Å². The van der Waals surface area contributed by atoms with Gasteiger partial charge in [0.05, 0.1) is 0 Å². The van der Waals surface area contributed by atoms with Gasteiger partial charge >= 0.3 is 102 Å². The Morgan fingerprint density at radius 3 is 2.44 bits per heavy atom. The van der Waals surface area contributed by atoms with Crippen molar-refractivity contribution in [2.45, 2.75) is 20.0 Å². The van der Waals surface area contributed by atoms with Gasteiger partial charge in [-0.3, -0.25) is 0 Å². The van der Waals surface area contributed by atoms with E-state index < -0.39 is 17.0 Å². The zero-order chi connectivity index (χ0) is 11.6. The van der Waals surface area contributed by atoms with Crippen LogP contribution in [0.1, 0.15) is 0 Å². The minimum atomic E-state index is -1.97. The molecule has 4 nitrogen and oxygen atoms in total. The van der Waals surface area contributed by atoms with E-state index in [0.29, 0.717) is 0 Å². The Kier molecular flexibility index (Phi) is 3.53. The summed E-state index contributed by atoms with van der Waals surface area (Å²) in [4.78, 5) is 7.05. The van der Waals surface area contributed by atoms with E-state index in [1.165, 1.54) is 0 Å². The number of hydrogen-bond acceptors (Lipinski definition) is 4. The summed E-state index contributed by atoms with van der Waals surface area (Å²) in [5.41, 5.74) is 1.02. The molecule has 1 aromatic heterocycles. The molecule has 0 aliphatic carbocycles. The van der Waals surface area contributed by atoms with Gasteiger partial charge in [0.1, 0.15) is 0 Å². The third-order valence-electron chi connectivity index (χ3n) is 1.84. The van der Waals surface area contributed by atoms with Gasteiger partial charge in [0.2, 0.25) is 0 Å². The Hall–Kier alpha value is -0.561. The summed E-state index contributed by atoms with van der Waals surface area (Å²) in [6, 6.07) is 10.00. The number of rotatable bonds is 3. The van der Waals surface area contributed by atoms with E-state index in [-0.39, 0.29) is 0 Å². The van der Waals surface area contributed by atoms with Crippen LogP contribution in [0, 0.1) is 0 Å². The second kappa shape index (κ2) is 4.75. The molecule has 16 heavy (non-hydrogen) atoms. The molecule has 0 N–H and O–H groups in total. The van der Waals surface area contributed by atoms with Crippen LogP contribution in [0.2, 0.25) is 14.8 Å². The van der Waals surface area contributed by atoms with Crippen LogP contribution in [-0.4, -0.2) is 37.2 Å². The first-order valence-corrected chi connectivity index (χ1v) is 18.0. The molecule has 84 valence electrons. The Bertz CT molecular complexity index is 463. The molecule has 0 aliphatic rings. The fourth-order valence-corrected chi connectivity index (χ4v) is 7.88. The first kappa shape index (κ1) is 11.9. The van der Waals surface area contributed by atoms with E-state index in [1.54, 1.807) is 0 Å². The van der Waals surface area contributed by atoms with Crippen molar-refractivity contribution in [2.24, 2.45) is 0 Å². The van der Waals surface area contributed by atoms with E-state index in [2.05, 4.69) is 30.3 Å². The van der Waals surface area contributed by atoms with Crippen LogP contribution in [-0.2, 0) is 0 Å². The second-order valence-electron chi connectivity index (χ2n) is 4.42. The summed E-state index contributed by atoms with van der Waals surface area (Å²) < 4.78 is 1.81. The Balaban J connectivity index is 2.33. The number of benzene rings is 1. The molecule has 0 fully saturated rings. The van der Waals surface area contributed by atoms with E-state index in [1.807, 2.05) is 44.0 Å². The van der Waals surface area contributed by atoms with Crippen LogP contribution < -0.4 is 0 Å². The first-order valence-electron chi connectivity index (χ1n) is 5.09. The van der Waals surface area contributed by atoms with Crippen LogP contribution in [0.3, 0.4) is 0 Å². The molecule has 2 rings (SSSR count). The van der Waals surface area contributed by atoms with Gasteiger partial charge in [-0.2, -0.15) is 0 Å². The quantitative estimate of drug-likeness (QED) is 0.805. The van der Waals surface area contributed by atoms with Crippen molar-refractivity contribution in [3.63, 3.8) is 0 Å². The van der Waals surface area contributed by atoms with Crippen molar-refractivity contribution in [1.82, 2.24) is 20.2 Å². The molecule has 0 saturated heterocycles. The summed E-state index contributed by atoms with van der Waals surface area (Å²) in [6.45, 7) is 0. The molecular weight excluding hydrogens is 327 g/mol. The standard InChI is InChI=1S/C7H6N4S.3CH3.Sn/c12-7-8-9-10-11(7)6-4-2-1-3-5-6;;;;/h1-5H,(H,8,10,12);3*1H3;/q;;;;+1/p-1. The molecule has 0 amide bonds. The molecule has 1 heterocycles. The third kappa shape index (κ3) is 2.97. The topological polar surface area (TPSA) is 43.6 Å². The summed E-state index contributed by atoms with van der Waals surface area (Å²) >= 11 is -1.97. The van der Waals surface area contributed by atoms with Gasteiger partial charge in [0.25, 0.3) is 0 Å². The number of para-hydroxylation sites is 1. The normalized spacial score (nSPS) is 11.7. The predicted molar refractivity (Wildman–Crippen MR) is 68.4 cm³/mol. The van der Waals surface area contributed by atoms with Crippen LogP contribution in [0.15, 0.2) is 35.5 Å². The Morgan fingerprint density at radius 1 is 1.12 bits per heavy atom. The fourth-order valence-electron chi connectivity index (χ4n) is 1.25.